The van der Waals surface area contributed by atoms with Crippen LogP contribution in [0.15, 0.2) is 0 Å². The molecule has 1 aliphatic rings. The van der Waals surface area contributed by atoms with Crippen LogP contribution in [0.3, 0.4) is 0 Å². The highest BCUT2D eigenvalue weighted by Crippen LogP contribution is 2.12. The molecule has 0 aromatic carbocycles. The van der Waals surface area contributed by atoms with Crippen LogP contribution in [0.25, 0.3) is 0 Å². The van der Waals surface area contributed by atoms with Gasteiger partial charge in [0, 0.05) is 6.04 Å². The topological polar surface area (TPSA) is 98.5 Å². The minimum absolute atomic E-state index is 0.0898. The normalized spacial score (nSPS) is 28.8. The Morgan fingerprint density at radius 1 is 1.38 bits per heavy atom. The first-order chi connectivity index (χ1) is 7.09. The number of amides is 1. The van der Waals surface area contributed by atoms with Crippen molar-refractivity contribution in [2.75, 3.05) is 11.5 Å². The smallest absolute Gasteiger partial charge is 0.407 e. The van der Waals surface area contributed by atoms with E-state index < -0.39 is 33.6 Å². The van der Waals surface area contributed by atoms with Gasteiger partial charge < -0.3 is 15.8 Å². The van der Waals surface area contributed by atoms with E-state index in [1.165, 1.54) is 0 Å². The second-order valence-corrected chi connectivity index (χ2v) is 7.15. The lowest BCUT2D eigenvalue weighted by Gasteiger charge is -2.22. The molecule has 1 heterocycles. The summed E-state index contributed by atoms with van der Waals surface area (Å²) in [4.78, 5) is 11.4. The summed E-state index contributed by atoms with van der Waals surface area (Å²) < 4.78 is 27.5. The molecule has 0 saturated carbocycles. The van der Waals surface area contributed by atoms with Gasteiger partial charge in [-0.3, -0.25) is 0 Å². The van der Waals surface area contributed by atoms with Crippen molar-refractivity contribution in [2.24, 2.45) is 5.73 Å². The Labute approximate surface area is 95.4 Å². The van der Waals surface area contributed by atoms with Crippen molar-refractivity contribution in [3.8, 4) is 0 Å². The molecule has 0 radical (unpaired) electrons. The van der Waals surface area contributed by atoms with Crippen LogP contribution >= 0.6 is 0 Å². The summed E-state index contributed by atoms with van der Waals surface area (Å²) in [7, 11) is -3.13. The van der Waals surface area contributed by atoms with E-state index in [4.69, 9.17) is 10.5 Å². The minimum Gasteiger partial charge on any atom is -0.444 e. The highest BCUT2D eigenvalue weighted by atomic mass is 32.2. The summed E-state index contributed by atoms with van der Waals surface area (Å²) in [6.45, 7) is 5.20. The third-order valence-corrected chi connectivity index (χ3v) is 3.86. The Morgan fingerprint density at radius 3 is 2.31 bits per heavy atom. The Morgan fingerprint density at radius 2 is 1.94 bits per heavy atom. The molecule has 1 fully saturated rings. The fraction of sp³-hybridized carbons (Fsp3) is 0.889. The lowest BCUT2D eigenvalue weighted by Crippen LogP contribution is -2.48. The third kappa shape index (κ3) is 3.97. The van der Waals surface area contributed by atoms with Crippen LogP contribution in [0.1, 0.15) is 20.8 Å². The van der Waals surface area contributed by atoms with Crippen LogP contribution in [0, 0.1) is 0 Å². The van der Waals surface area contributed by atoms with E-state index in [-0.39, 0.29) is 11.5 Å². The Balaban J connectivity index is 2.53. The van der Waals surface area contributed by atoms with Gasteiger partial charge in [0.1, 0.15) is 5.60 Å². The predicted molar refractivity (Wildman–Crippen MR) is 59.8 cm³/mol. The monoisotopic (exact) mass is 250 g/mol. The van der Waals surface area contributed by atoms with Gasteiger partial charge in [0.25, 0.3) is 0 Å². The average molecular weight is 250 g/mol. The number of ether oxygens (including phenoxy) is 1. The number of hydrogen-bond acceptors (Lipinski definition) is 5. The molecule has 3 N–H and O–H groups in total. The Hall–Kier alpha value is -0.820. The maximum absolute atomic E-state index is 11.4. The second kappa shape index (κ2) is 4.21. The molecule has 1 saturated heterocycles. The predicted octanol–water partition coefficient (Wildman–Crippen LogP) is -0.365. The van der Waals surface area contributed by atoms with Gasteiger partial charge >= 0.3 is 6.09 Å². The second-order valence-electron chi connectivity index (χ2n) is 4.99. The van der Waals surface area contributed by atoms with E-state index in [0.717, 1.165) is 0 Å². The first-order valence-corrected chi connectivity index (χ1v) is 6.87. The molecule has 1 rings (SSSR count). The number of rotatable bonds is 1. The van der Waals surface area contributed by atoms with Crippen LogP contribution < -0.4 is 11.1 Å². The van der Waals surface area contributed by atoms with E-state index in [2.05, 4.69) is 5.32 Å². The molecular formula is C9H18N2O4S. The Kier molecular flexibility index (Phi) is 3.49. The summed E-state index contributed by atoms with van der Waals surface area (Å²) in [6.07, 6.45) is -0.634. The van der Waals surface area contributed by atoms with Gasteiger partial charge in [-0.15, -0.1) is 0 Å². The summed E-state index contributed by atoms with van der Waals surface area (Å²) in [5.41, 5.74) is 5.01. The van der Waals surface area contributed by atoms with Crippen molar-refractivity contribution < 1.29 is 17.9 Å². The molecule has 16 heavy (non-hydrogen) atoms. The first-order valence-electron chi connectivity index (χ1n) is 5.04. The standard InChI is InChI=1S/C9H18N2O4S/c1-9(2,3)15-8(12)11-7-5-16(13,14)4-6(7)10/h6-7H,4-5,10H2,1-3H3,(H,11,12)/t6-,7+/m0/s1. The van der Waals surface area contributed by atoms with E-state index >= 15 is 0 Å². The number of alkyl carbamates (subject to hydrolysis) is 1. The molecule has 0 aromatic heterocycles. The third-order valence-electron chi connectivity index (χ3n) is 2.10. The van der Waals surface area contributed by atoms with Gasteiger partial charge in [0.15, 0.2) is 9.84 Å². The molecule has 6 nitrogen and oxygen atoms in total. The van der Waals surface area contributed by atoms with Crippen LogP contribution in [0.4, 0.5) is 4.79 Å². The maximum atomic E-state index is 11.4. The van der Waals surface area contributed by atoms with Gasteiger partial charge in [0.05, 0.1) is 17.5 Å². The molecular weight excluding hydrogens is 232 g/mol. The molecule has 0 aliphatic carbocycles. The van der Waals surface area contributed by atoms with Crippen LogP contribution in [0.5, 0.6) is 0 Å². The summed E-state index contributed by atoms with van der Waals surface area (Å²) in [5.74, 6) is -0.207. The molecule has 0 unspecified atom stereocenters. The Bertz CT molecular complexity index is 371. The number of carbonyl (C=O) groups is 1. The van der Waals surface area contributed by atoms with E-state index in [0.29, 0.717) is 0 Å². The van der Waals surface area contributed by atoms with Gasteiger partial charge in [-0.05, 0) is 20.8 Å². The number of hydrogen-bond donors (Lipinski definition) is 2. The fourth-order valence-corrected chi connectivity index (χ4v) is 3.31. The molecule has 0 aromatic rings. The van der Waals surface area contributed by atoms with Gasteiger partial charge in [-0.1, -0.05) is 0 Å². The number of nitrogens with one attached hydrogen (secondary N) is 1. The maximum Gasteiger partial charge on any atom is 0.407 e. The molecule has 7 heteroatoms. The average Bonchev–Trinajstić information content (AvgIpc) is 2.19. The van der Waals surface area contributed by atoms with Crippen LogP contribution in [-0.4, -0.2) is 43.7 Å². The zero-order valence-corrected chi connectivity index (χ0v) is 10.5. The van der Waals surface area contributed by atoms with Crippen molar-refractivity contribution >= 4 is 15.9 Å². The molecule has 0 bridgehead atoms. The van der Waals surface area contributed by atoms with Crippen molar-refractivity contribution in [1.82, 2.24) is 5.32 Å². The van der Waals surface area contributed by atoms with Gasteiger partial charge in [0.2, 0.25) is 0 Å². The SMILES string of the molecule is CC(C)(C)OC(=O)N[C@@H]1CS(=O)(=O)C[C@@H]1N. The summed E-state index contributed by atoms with van der Waals surface area (Å²) >= 11 is 0. The number of nitrogens with two attached hydrogens (primary N) is 1. The highest BCUT2D eigenvalue weighted by Gasteiger charge is 2.36. The summed E-state index contributed by atoms with van der Waals surface area (Å²) in [5, 5.41) is 2.48. The number of sulfone groups is 1. The lowest BCUT2D eigenvalue weighted by atomic mass is 10.2. The van der Waals surface area contributed by atoms with Crippen molar-refractivity contribution in [2.45, 2.75) is 38.5 Å². The van der Waals surface area contributed by atoms with Crippen molar-refractivity contribution in [1.29, 1.82) is 0 Å². The van der Waals surface area contributed by atoms with E-state index in [1.54, 1.807) is 20.8 Å². The summed E-state index contributed by atoms with van der Waals surface area (Å²) in [6, 6.07) is -1.11. The molecule has 2 atom stereocenters. The lowest BCUT2D eigenvalue weighted by molar-refractivity contribution is 0.0506. The van der Waals surface area contributed by atoms with Gasteiger partial charge in [-0.25, -0.2) is 13.2 Å². The zero-order valence-electron chi connectivity index (χ0n) is 9.69. The van der Waals surface area contributed by atoms with Crippen molar-refractivity contribution in [3.63, 3.8) is 0 Å². The van der Waals surface area contributed by atoms with Crippen LogP contribution in [0.2, 0.25) is 0 Å². The first kappa shape index (κ1) is 13.2. The molecule has 1 aliphatic heterocycles. The minimum atomic E-state index is -3.13. The quantitative estimate of drug-likeness (QED) is 0.662. The van der Waals surface area contributed by atoms with Gasteiger partial charge in [-0.2, -0.15) is 0 Å². The van der Waals surface area contributed by atoms with E-state index in [9.17, 15) is 13.2 Å². The highest BCUT2D eigenvalue weighted by molar-refractivity contribution is 7.91. The zero-order chi connectivity index (χ0) is 12.6. The van der Waals surface area contributed by atoms with Crippen LogP contribution in [-0.2, 0) is 14.6 Å². The number of carbonyl (C=O) groups excluding carboxylic acids is 1. The molecule has 0 spiro atoms. The van der Waals surface area contributed by atoms with Crippen molar-refractivity contribution in [3.05, 3.63) is 0 Å². The molecule has 1 amide bonds. The largest absolute Gasteiger partial charge is 0.444 e. The fourth-order valence-electron chi connectivity index (χ4n) is 1.48. The van der Waals surface area contributed by atoms with E-state index in [1.807, 2.05) is 0 Å². The molecule has 94 valence electrons.